The van der Waals surface area contributed by atoms with Crippen LogP contribution >= 0.6 is 11.6 Å². The number of alkyl halides is 3. The molecule has 1 fully saturated rings. The highest BCUT2D eigenvalue weighted by atomic mass is 35.5. The zero-order valence-corrected chi connectivity index (χ0v) is 20.3. The van der Waals surface area contributed by atoms with E-state index in [-0.39, 0.29) is 5.69 Å². The van der Waals surface area contributed by atoms with Gasteiger partial charge in [-0.05, 0) is 42.7 Å². The fraction of sp³-hybridized carbons (Fsp3) is 0.333. The van der Waals surface area contributed by atoms with E-state index in [0.717, 1.165) is 37.5 Å². The summed E-state index contributed by atoms with van der Waals surface area (Å²) in [5, 5.41) is 27.6. The Morgan fingerprint density at radius 2 is 1.59 bits per heavy atom. The van der Waals surface area contributed by atoms with E-state index in [0.29, 0.717) is 18.3 Å². The Balaban J connectivity index is 0.000000479. The Morgan fingerprint density at radius 1 is 1.00 bits per heavy atom. The third kappa shape index (κ3) is 8.19. The number of rotatable bonds is 7. The molecule has 0 radical (unpaired) electrons. The topological polar surface area (TPSA) is 123 Å². The number of hydrogen-bond donors (Lipinski definition) is 3. The predicted octanol–water partition coefficient (Wildman–Crippen LogP) is 4.46. The molecular formula is C24H25ClF3N5O4. The van der Waals surface area contributed by atoms with Crippen LogP contribution in [-0.2, 0) is 17.9 Å². The molecule has 0 aliphatic carbocycles. The molecule has 1 aliphatic heterocycles. The molecule has 0 atom stereocenters. The van der Waals surface area contributed by atoms with E-state index in [9.17, 15) is 23.1 Å². The highest BCUT2D eigenvalue weighted by Gasteiger charge is 2.38. The predicted molar refractivity (Wildman–Crippen MR) is 129 cm³/mol. The van der Waals surface area contributed by atoms with Gasteiger partial charge >= 0.3 is 18.1 Å². The number of carbonyl (C=O) groups is 2. The van der Waals surface area contributed by atoms with Crippen LogP contribution < -0.4 is 4.90 Å². The van der Waals surface area contributed by atoms with Crippen molar-refractivity contribution in [3.8, 4) is 0 Å². The fourth-order valence-corrected chi connectivity index (χ4v) is 4.13. The van der Waals surface area contributed by atoms with Gasteiger partial charge < -0.3 is 15.1 Å². The van der Waals surface area contributed by atoms with Crippen LogP contribution in [0.2, 0.25) is 5.02 Å². The fourth-order valence-electron chi connectivity index (χ4n) is 4.00. The molecule has 1 aromatic heterocycles. The maximum atomic E-state index is 11.5. The molecular weight excluding hydrogens is 515 g/mol. The van der Waals surface area contributed by atoms with Crippen LogP contribution in [0.5, 0.6) is 0 Å². The lowest BCUT2D eigenvalue weighted by Crippen LogP contribution is -2.44. The van der Waals surface area contributed by atoms with Gasteiger partial charge in [-0.3, -0.25) is 4.90 Å². The number of aromatic amines is 1. The van der Waals surface area contributed by atoms with Crippen molar-refractivity contribution in [3.05, 3.63) is 76.6 Å². The van der Waals surface area contributed by atoms with E-state index in [1.807, 2.05) is 30.3 Å². The van der Waals surface area contributed by atoms with Gasteiger partial charge in [0.05, 0.1) is 0 Å². The normalized spacial score (nSPS) is 14.2. The Kier molecular flexibility index (Phi) is 9.48. The van der Waals surface area contributed by atoms with E-state index >= 15 is 0 Å². The second-order valence-electron chi connectivity index (χ2n) is 8.31. The number of aromatic nitrogens is 3. The third-order valence-electron chi connectivity index (χ3n) is 5.82. The molecule has 3 N–H and O–H groups in total. The third-order valence-corrected chi connectivity index (χ3v) is 6.07. The van der Waals surface area contributed by atoms with Crippen LogP contribution in [0.25, 0.3) is 0 Å². The minimum atomic E-state index is -5.08. The molecule has 0 saturated carbocycles. The molecule has 37 heavy (non-hydrogen) atoms. The lowest BCUT2D eigenvalue weighted by molar-refractivity contribution is -0.192. The molecule has 9 nitrogen and oxygen atoms in total. The minimum absolute atomic E-state index is 0.00772. The number of nitrogens with zero attached hydrogens (tertiary/aromatic N) is 4. The highest BCUT2D eigenvalue weighted by molar-refractivity contribution is 6.30. The Hall–Kier alpha value is -3.64. The molecule has 13 heteroatoms. The van der Waals surface area contributed by atoms with E-state index in [1.54, 1.807) is 0 Å². The van der Waals surface area contributed by atoms with Crippen molar-refractivity contribution in [3.63, 3.8) is 0 Å². The van der Waals surface area contributed by atoms with Gasteiger partial charge in [0.25, 0.3) is 0 Å². The maximum absolute atomic E-state index is 11.5. The quantitative estimate of drug-likeness (QED) is 0.402. The Morgan fingerprint density at radius 3 is 2.14 bits per heavy atom. The average Bonchev–Trinajstić information content (AvgIpc) is 3.33. The first kappa shape index (κ1) is 27.9. The number of hydrogen-bond acceptors (Lipinski definition) is 6. The monoisotopic (exact) mass is 539 g/mol. The minimum Gasteiger partial charge on any atom is -0.476 e. The van der Waals surface area contributed by atoms with Crippen LogP contribution in [0.15, 0.2) is 54.6 Å². The first-order valence-electron chi connectivity index (χ1n) is 11.3. The molecule has 2 heterocycles. The highest BCUT2D eigenvalue weighted by Crippen LogP contribution is 2.26. The SMILES string of the molecule is O=C(O)C(F)(F)F.O=C(O)c1n[nH]nc1CN(Cc1ccccc1)C1CCN(c2ccc(Cl)cc2)CC1. The second kappa shape index (κ2) is 12.5. The number of aromatic carboxylic acids is 1. The lowest BCUT2D eigenvalue weighted by Gasteiger charge is -2.39. The maximum Gasteiger partial charge on any atom is 0.490 e. The van der Waals surface area contributed by atoms with Gasteiger partial charge in [-0.1, -0.05) is 41.9 Å². The number of H-pyrrole nitrogens is 1. The van der Waals surface area contributed by atoms with Gasteiger partial charge in [-0.15, -0.1) is 5.10 Å². The molecule has 4 rings (SSSR count). The summed E-state index contributed by atoms with van der Waals surface area (Å²) >= 11 is 6.01. The molecule has 0 bridgehead atoms. The van der Waals surface area contributed by atoms with Gasteiger partial charge in [0, 0.05) is 42.9 Å². The molecule has 2 aromatic carbocycles. The molecule has 0 spiro atoms. The number of carboxylic acid groups (broad SMARTS) is 2. The van der Waals surface area contributed by atoms with Crippen LogP contribution in [0.4, 0.5) is 18.9 Å². The van der Waals surface area contributed by atoms with E-state index in [1.165, 1.54) is 11.3 Å². The molecule has 0 unspecified atom stereocenters. The van der Waals surface area contributed by atoms with E-state index < -0.39 is 18.1 Å². The summed E-state index contributed by atoms with van der Waals surface area (Å²) in [6.07, 6.45) is -3.12. The summed E-state index contributed by atoms with van der Waals surface area (Å²) in [5.74, 6) is -3.82. The average molecular weight is 540 g/mol. The van der Waals surface area contributed by atoms with Gasteiger partial charge in [0.1, 0.15) is 5.69 Å². The smallest absolute Gasteiger partial charge is 0.476 e. The largest absolute Gasteiger partial charge is 0.490 e. The molecule has 0 amide bonds. The summed E-state index contributed by atoms with van der Waals surface area (Å²) in [4.78, 5) is 25.0. The number of nitrogens with one attached hydrogen (secondary N) is 1. The zero-order valence-electron chi connectivity index (χ0n) is 19.5. The summed E-state index contributed by atoms with van der Waals surface area (Å²) in [6.45, 7) is 3.04. The van der Waals surface area contributed by atoms with Gasteiger partial charge in [-0.25, -0.2) is 9.59 Å². The first-order valence-corrected chi connectivity index (χ1v) is 11.6. The number of benzene rings is 2. The molecule has 3 aromatic rings. The Bertz CT molecular complexity index is 1170. The number of halogens is 4. The number of carboxylic acids is 2. The number of anilines is 1. The molecule has 1 saturated heterocycles. The second-order valence-corrected chi connectivity index (χ2v) is 8.75. The number of aliphatic carboxylic acids is 1. The zero-order chi connectivity index (χ0) is 27.0. The molecule has 198 valence electrons. The van der Waals surface area contributed by atoms with Crippen molar-refractivity contribution in [2.45, 2.75) is 38.1 Å². The lowest BCUT2D eigenvalue weighted by atomic mass is 10.0. The summed E-state index contributed by atoms with van der Waals surface area (Å²) < 4.78 is 31.7. The molecule has 1 aliphatic rings. The van der Waals surface area contributed by atoms with Gasteiger partial charge in [0.2, 0.25) is 0 Å². The van der Waals surface area contributed by atoms with Crippen LogP contribution in [0.1, 0.15) is 34.6 Å². The standard InChI is InChI=1S/C22H24ClN5O2.C2HF3O2/c23-17-6-8-18(9-7-17)27-12-10-19(11-13-27)28(14-16-4-2-1-3-5-16)15-20-21(22(29)30)25-26-24-20;3-2(4,5)1(6)7/h1-9,19H,10-15H2,(H,29,30)(H,24,25,26);(H,6,7). The van der Waals surface area contributed by atoms with Crippen LogP contribution in [0, 0.1) is 0 Å². The van der Waals surface area contributed by atoms with Gasteiger partial charge in [0.15, 0.2) is 5.69 Å². The van der Waals surface area contributed by atoms with Crippen molar-refractivity contribution in [1.29, 1.82) is 0 Å². The van der Waals surface area contributed by atoms with Crippen molar-refractivity contribution in [1.82, 2.24) is 20.3 Å². The number of piperidine rings is 1. The van der Waals surface area contributed by atoms with Crippen molar-refractivity contribution in [2.24, 2.45) is 0 Å². The van der Waals surface area contributed by atoms with Crippen LogP contribution in [-0.4, -0.2) is 67.8 Å². The van der Waals surface area contributed by atoms with Crippen LogP contribution in [0.3, 0.4) is 0 Å². The van der Waals surface area contributed by atoms with Crippen molar-refractivity contribution in [2.75, 3.05) is 18.0 Å². The summed E-state index contributed by atoms with van der Waals surface area (Å²) in [5.41, 5.74) is 2.83. The van der Waals surface area contributed by atoms with E-state index in [4.69, 9.17) is 21.5 Å². The summed E-state index contributed by atoms with van der Waals surface area (Å²) in [7, 11) is 0. The van der Waals surface area contributed by atoms with Crippen molar-refractivity contribution >= 4 is 29.2 Å². The van der Waals surface area contributed by atoms with Crippen molar-refractivity contribution < 1.29 is 33.0 Å². The Labute approximate surface area is 215 Å². The van der Waals surface area contributed by atoms with E-state index in [2.05, 4.69) is 49.5 Å². The summed E-state index contributed by atoms with van der Waals surface area (Å²) in [6, 6.07) is 18.5. The van der Waals surface area contributed by atoms with Gasteiger partial charge in [-0.2, -0.15) is 23.5 Å². The first-order chi connectivity index (χ1) is 17.5.